The minimum Gasteiger partial charge on any atom is -0.313 e. The van der Waals surface area contributed by atoms with Gasteiger partial charge < -0.3 is 5.32 Å². The van der Waals surface area contributed by atoms with Gasteiger partial charge in [0.05, 0.1) is 5.02 Å². The average molecular weight is 296 g/mol. The molecule has 0 radical (unpaired) electrons. The van der Waals surface area contributed by atoms with Gasteiger partial charge in [-0.05, 0) is 44.2 Å². The first-order valence-corrected chi connectivity index (χ1v) is 6.76. The molecular weight excluding hydrogens is 280 g/mol. The van der Waals surface area contributed by atoms with Crippen molar-refractivity contribution in [2.75, 3.05) is 7.05 Å². The molecule has 0 bridgehead atoms. The summed E-state index contributed by atoms with van der Waals surface area (Å²) in [5.74, 6) is -0.693. The lowest BCUT2D eigenvalue weighted by atomic mass is 9.97. The number of nitrogens with one attached hydrogen (secondary N) is 1. The van der Waals surface area contributed by atoms with Gasteiger partial charge in [-0.25, -0.2) is 8.78 Å². The van der Waals surface area contributed by atoms with E-state index in [0.717, 1.165) is 11.1 Å². The van der Waals surface area contributed by atoms with Gasteiger partial charge in [-0.2, -0.15) is 0 Å². The molecule has 2 aromatic carbocycles. The first-order chi connectivity index (χ1) is 9.51. The van der Waals surface area contributed by atoms with Crippen LogP contribution in [0.2, 0.25) is 5.02 Å². The third-order valence-electron chi connectivity index (χ3n) is 3.30. The van der Waals surface area contributed by atoms with E-state index in [4.69, 9.17) is 11.6 Å². The molecule has 0 aliphatic carbocycles. The van der Waals surface area contributed by atoms with Gasteiger partial charge in [0.1, 0.15) is 11.6 Å². The lowest BCUT2D eigenvalue weighted by Gasteiger charge is -2.18. The van der Waals surface area contributed by atoms with Crippen molar-refractivity contribution in [3.63, 3.8) is 0 Å². The average Bonchev–Trinajstić information content (AvgIpc) is 2.43. The third kappa shape index (κ3) is 3.35. The van der Waals surface area contributed by atoms with Crippen molar-refractivity contribution in [3.05, 3.63) is 69.7 Å². The summed E-state index contributed by atoms with van der Waals surface area (Å²) in [6.45, 7) is 1.92. The fourth-order valence-electron chi connectivity index (χ4n) is 2.20. The molecule has 0 aliphatic rings. The molecule has 0 fully saturated rings. The fourth-order valence-corrected chi connectivity index (χ4v) is 2.40. The summed E-state index contributed by atoms with van der Waals surface area (Å²) < 4.78 is 27.1. The lowest BCUT2D eigenvalue weighted by Crippen LogP contribution is -2.20. The second-order valence-electron chi connectivity index (χ2n) is 4.82. The van der Waals surface area contributed by atoms with E-state index >= 15 is 0 Å². The van der Waals surface area contributed by atoms with Gasteiger partial charge >= 0.3 is 0 Å². The van der Waals surface area contributed by atoms with Crippen molar-refractivity contribution in [1.82, 2.24) is 5.32 Å². The number of benzene rings is 2. The summed E-state index contributed by atoms with van der Waals surface area (Å²) in [6.07, 6.45) is 0.539. The topological polar surface area (TPSA) is 12.0 Å². The number of likely N-dealkylation sites (N-methyl/N-ethyl adjacent to an activating group) is 1. The highest BCUT2D eigenvalue weighted by Crippen LogP contribution is 2.24. The van der Waals surface area contributed by atoms with Gasteiger partial charge in [-0.15, -0.1) is 0 Å². The molecule has 2 rings (SSSR count). The van der Waals surface area contributed by atoms with Gasteiger partial charge in [0, 0.05) is 11.6 Å². The molecule has 0 heterocycles. The van der Waals surface area contributed by atoms with Crippen LogP contribution in [0.5, 0.6) is 0 Å². The maximum Gasteiger partial charge on any atom is 0.141 e. The van der Waals surface area contributed by atoms with E-state index < -0.39 is 5.82 Å². The summed E-state index contributed by atoms with van der Waals surface area (Å²) in [7, 11) is 1.78. The van der Waals surface area contributed by atoms with Crippen LogP contribution >= 0.6 is 11.6 Å². The second kappa shape index (κ2) is 6.33. The first kappa shape index (κ1) is 14.9. The zero-order chi connectivity index (χ0) is 14.7. The molecule has 1 unspecified atom stereocenters. The molecule has 0 saturated carbocycles. The minimum absolute atomic E-state index is 0.0852. The quantitative estimate of drug-likeness (QED) is 0.880. The maximum atomic E-state index is 13.9. The molecule has 2 aromatic rings. The van der Waals surface area contributed by atoms with Crippen molar-refractivity contribution in [2.24, 2.45) is 0 Å². The van der Waals surface area contributed by atoms with Crippen LogP contribution in [0.3, 0.4) is 0 Å². The first-order valence-electron chi connectivity index (χ1n) is 6.38. The lowest BCUT2D eigenvalue weighted by molar-refractivity contribution is 0.533. The Labute approximate surface area is 122 Å². The van der Waals surface area contributed by atoms with Crippen molar-refractivity contribution >= 4 is 11.6 Å². The van der Waals surface area contributed by atoms with Crippen molar-refractivity contribution in [1.29, 1.82) is 0 Å². The predicted octanol–water partition coefficient (Wildman–Crippen LogP) is 4.43. The summed E-state index contributed by atoms with van der Waals surface area (Å²) in [6, 6.07) is 9.41. The number of rotatable bonds is 4. The molecular formula is C16H16ClF2N. The van der Waals surface area contributed by atoms with Crippen LogP contribution < -0.4 is 5.32 Å². The molecule has 1 atom stereocenters. The monoisotopic (exact) mass is 295 g/mol. The Morgan fingerprint density at radius 2 is 1.80 bits per heavy atom. The fraction of sp³-hybridized carbons (Fsp3) is 0.250. The Morgan fingerprint density at radius 3 is 2.45 bits per heavy atom. The summed E-state index contributed by atoms with van der Waals surface area (Å²) in [5.41, 5.74) is 2.46. The summed E-state index contributed by atoms with van der Waals surface area (Å²) in [5, 5.41) is 3.18. The number of aryl methyl sites for hydroxylation is 1. The number of halogens is 3. The Morgan fingerprint density at radius 1 is 1.10 bits per heavy atom. The molecule has 4 heteroatoms. The molecule has 106 valence electrons. The van der Waals surface area contributed by atoms with Crippen molar-refractivity contribution in [3.8, 4) is 0 Å². The van der Waals surface area contributed by atoms with E-state index in [1.54, 1.807) is 25.2 Å². The van der Waals surface area contributed by atoms with Crippen LogP contribution in [-0.2, 0) is 6.42 Å². The second-order valence-corrected chi connectivity index (χ2v) is 5.23. The maximum absolute atomic E-state index is 13.9. The number of hydrogen-bond acceptors (Lipinski definition) is 1. The molecule has 0 spiro atoms. The molecule has 20 heavy (non-hydrogen) atoms. The smallest absolute Gasteiger partial charge is 0.141 e. The number of hydrogen-bond donors (Lipinski definition) is 1. The van der Waals surface area contributed by atoms with E-state index in [9.17, 15) is 8.78 Å². The van der Waals surface area contributed by atoms with Crippen LogP contribution in [0.4, 0.5) is 8.78 Å². The molecule has 0 aliphatic heterocycles. The summed E-state index contributed by atoms with van der Waals surface area (Å²) >= 11 is 5.77. The Balaban J connectivity index is 2.28. The highest BCUT2D eigenvalue weighted by atomic mass is 35.5. The molecule has 1 nitrogen and oxygen atoms in total. The van der Waals surface area contributed by atoms with Crippen molar-refractivity contribution in [2.45, 2.75) is 19.4 Å². The van der Waals surface area contributed by atoms with Gasteiger partial charge in [0.2, 0.25) is 0 Å². The molecule has 0 saturated heterocycles. The zero-order valence-electron chi connectivity index (χ0n) is 11.4. The SMILES string of the molecule is CNC(Cc1ccc(F)c(Cl)c1)c1cc(C)ccc1F. The van der Waals surface area contributed by atoms with Crippen LogP contribution in [-0.4, -0.2) is 7.05 Å². The Kier molecular flexibility index (Phi) is 4.73. The summed E-state index contributed by atoms with van der Waals surface area (Å²) in [4.78, 5) is 0. The van der Waals surface area contributed by atoms with Crippen molar-refractivity contribution < 1.29 is 8.78 Å². The van der Waals surface area contributed by atoms with E-state index in [0.29, 0.717) is 12.0 Å². The highest BCUT2D eigenvalue weighted by molar-refractivity contribution is 6.30. The van der Waals surface area contributed by atoms with Gasteiger partial charge in [0.15, 0.2) is 0 Å². The Hall–Kier alpha value is -1.45. The van der Waals surface area contributed by atoms with E-state index in [2.05, 4.69) is 5.32 Å². The van der Waals surface area contributed by atoms with E-state index in [1.165, 1.54) is 12.1 Å². The predicted molar refractivity (Wildman–Crippen MR) is 78.1 cm³/mol. The largest absolute Gasteiger partial charge is 0.313 e. The van der Waals surface area contributed by atoms with Crippen LogP contribution in [0.1, 0.15) is 22.7 Å². The van der Waals surface area contributed by atoms with Crippen LogP contribution in [0, 0.1) is 18.6 Å². The highest BCUT2D eigenvalue weighted by Gasteiger charge is 2.15. The van der Waals surface area contributed by atoms with Crippen LogP contribution in [0.25, 0.3) is 0 Å². The van der Waals surface area contributed by atoms with Gasteiger partial charge in [-0.3, -0.25) is 0 Å². The molecule has 1 N–H and O–H groups in total. The molecule has 0 amide bonds. The van der Waals surface area contributed by atoms with E-state index in [-0.39, 0.29) is 16.9 Å². The molecule has 0 aromatic heterocycles. The minimum atomic E-state index is -0.446. The van der Waals surface area contributed by atoms with Crippen LogP contribution in [0.15, 0.2) is 36.4 Å². The normalized spacial score (nSPS) is 12.4. The Bertz CT molecular complexity index is 613. The van der Waals surface area contributed by atoms with Gasteiger partial charge in [-0.1, -0.05) is 35.4 Å². The van der Waals surface area contributed by atoms with Gasteiger partial charge in [0.25, 0.3) is 0 Å². The van der Waals surface area contributed by atoms with E-state index in [1.807, 2.05) is 13.0 Å². The zero-order valence-corrected chi connectivity index (χ0v) is 12.1. The standard InChI is InChI=1S/C16H16ClF2N/c1-10-3-5-14(18)12(7-10)16(20-2)9-11-4-6-15(19)13(17)8-11/h3-8,16,20H,9H2,1-2H3. The third-order valence-corrected chi connectivity index (χ3v) is 3.59.